The molecule has 0 heterocycles. The Balaban J connectivity index is 2.60. The first-order valence-electron chi connectivity index (χ1n) is 5.16. The zero-order valence-electron chi connectivity index (χ0n) is 8.90. The summed E-state index contributed by atoms with van der Waals surface area (Å²) in [7, 11) is 3.26. The molecule has 0 aromatic carbocycles. The summed E-state index contributed by atoms with van der Waals surface area (Å²) in [5.74, 6) is 0.258. The largest absolute Gasteiger partial charge is 0.468 e. The number of methoxy groups -OCH3 is 1. The van der Waals surface area contributed by atoms with Crippen molar-refractivity contribution < 1.29 is 9.53 Å². The molecule has 0 amide bonds. The SMILES string of the molecule is COC(=O)[C@H](C1CCCCC1)N(C)S. The lowest BCUT2D eigenvalue weighted by Gasteiger charge is -2.31. The number of carbonyl (C=O) groups is 1. The monoisotopic (exact) mass is 217 g/mol. The predicted octanol–water partition coefficient (Wildman–Crippen LogP) is 1.88. The van der Waals surface area contributed by atoms with E-state index in [2.05, 4.69) is 12.8 Å². The number of ether oxygens (including phenoxy) is 1. The molecule has 1 aliphatic rings. The second kappa shape index (κ2) is 5.61. The van der Waals surface area contributed by atoms with E-state index in [4.69, 9.17) is 4.74 Å². The van der Waals surface area contributed by atoms with Crippen molar-refractivity contribution in [1.29, 1.82) is 0 Å². The Morgan fingerprint density at radius 1 is 1.43 bits per heavy atom. The normalized spacial score (nSPS) is 20.9. The smallest absolute Gasteiger partial charge is 0.324 e. The molecule has 1 rings (SSSR count). The van der Waals surface area contributed by atoms with Crippen LogP contribution in [0.25, 0.3) is 0 Å². The summed E-state index contributed by atoms with van der Waals surface area (Å²) >= 11 is 4.23. The standard InChI is InChI=1S/C10H19NO2S/c1-11(14)9(10(12)13-2)8-6-4-3-5-7-8/h8-9,14H,3-7H2,1-2H3/t9-/m0/s1. The minimum absolute atomic E-state index is 0.158. The van der Waals surface area contributed by atoms with Crippen LogP contribution in [-0.4, -0.2) is 30.5 Å². The minimum atomic E-state index is -0.177. The van der Waals surface area contributed by atoms with E-state index in [9.17, 15) is 4.79 Å². The molecule has 0 radical (unpaired) electrons. The third kappa shape index (κ3) is 2.89. The summed E-state index contributed by atoms with van der Waals surface area (Å²) in [6.45, 7) is 0. The Bertz CT molecular complexity index is 191. The zero-order chi connectivity index (χ0) is 10.6. The third-order valence-corrected chi connectivity index (χ3v) is 3.19. The van der Waals surface area contributed by atoms with E-state index in [-0.39, 0.29) is 12.0 Å². The van der Waals surface area contributed by atoms with Gasteiger partial charge in [-0.3, -0.25) is 4.79 Å². The summed E-state index contributed by atoms with van der Waals surface area (Å²) in [5.41, 5.74) is 0. The van der Waals surface area contributed by atoms with Crippen molar-refractivity contribution in [3.8, 4) is 0 Å². The highest BCUT2D eigenvalue weighted by atomic mass is 32.1. The van der Waals surface area contributed by atoms with Crippen LogP contribution in [0, 0.1) is 5.92 Å². The van der Waals surface area contributed by atoms with Crippen molar-refractivity contribution in [2.75, 3.05) is 14.2 Å². The Morgan fingerprint density at radius 2 is 2.00 bits per heavy atom. The molecule has 1 atom stereocenters. The number of carbonyl (C=O) groups excluding carboxylic acids is 1. The lowest BCUT2D eigenvalue weighted by atomic mass is 9.84. The molecule has 0 aromatic heterocycles. The van der Waals surface area contributed by atoms with Gasteiger partial charge in [-0.1, -0.05) is 32.1 Å². The van der Waals surface area contributed by atoms with Crippen LogP contribution in [0.1, 0.15) is 32.1 Å². The summed E-state index contributed by atoms with van der Waals surface area (Å²) in [4.78, 5) is 11.5. The molecule has 1 fully saturated rings. The Morgan fingerprint density at radius 3 is 2.43 bits per heavy atom. The summed E-state index contributed by atoms with van der Waals surface area (Å²) in [6.07, 6.45) is 5.97. The maximum Gasteiger partial charge on any atom is 0.324 e. The maximum atomic E-state index is 11.5. The van der Waals surface area contributed by atoms with Gasteiger partial charge in [0, 0.05) is 0 Å². The Labute approximate surface area is 91.3 Å². The number of thiol groups is 1. The van der Waals surface area contributed by atoms with Crippen molar-refractivity contribution in [1.82, 2.24) is 4.31 Å². The van der Waals surface area contributed by atoms with Crippen LogP contribution in [0.15, 0.2) is 0 Å². The van der Waals surface area contributed by atoms with E-state index in [1.165, 1.54) is 26.4 Å². The molecule has 14 heavy (non-hydrogen) atoms. The summed E-state index contributed by atoms with van der Waals surface area (Å²) in [6, 6.07) is -0.177. The van der Waals surface area contributed by atoms with E-state index in [0.29, 0.717) is 5.92 Å². The molecular formula is C10H19NO2S. The molecule has 82 valence electrons. The first-order chi connectivity index (χ1) is 6.66. The van der Waals surface area contributed by atoms with Crippen molar-refractivity contribution in [3.05, 3.63) is 0 Å². The van der Waals surface area contributed by atoms with Crippen LogP contribution in [-0.2, 0) is 9.53 Å². The molecule has 4 heteroatoms. The average molecular weight is 217 g/mol. The predicted molar refractivity (Wildman–Crippen MR) is 59.1 cm³/mol. The van der Waals surface area contributed by atoms with E-state index < -0.39 is 0 Å². The van der Waals surface area contributed by atoms with E-state index in [0.717, 1.165) is 12.8 Å². The van der Waals surface area contributed by atoms with Gasteiger partial charge in [0.25, 0.3) is 0 Å². The van der Waals surface area contributed by atoms with Crippen molar-refractivity contribution in [2.24, 2.45) is 5.92 Å². The quantitative estimate of drug-likeness (QED) is 0.578. The first-order valence-corrected chi connectivity index (χ1v) is 5.56. The van der Waals surface area contributed by atoms with Gasteiger partial charge in [0.15, 0.2) is 0 Å². The fourth-order valence-electron chi connectivity index (χ4n) is 2.22. The van der Waals surface area contributed by atoms with E-state index in [1.807, 2.05) is 7.05 Å². The molecule has 0 aromatic rings. The molecule has 3 nitrogen and oxygen atoms in total. The maximum absolute atomic E-state index is 11.5. The van der Waals surface area contributed by atoms with Crippen molar-refractivity contribution in [2.45, 2.75) is 38.1 Å². The molecule has 1 aliphatic carbocycles. The zero-order valence-corrected chi connectivity index (χ0v) is 9.80. The molecule has 0 saturated heterocycles. The molecule has 0 unspecified atom stereocenters. The lowest BCUT2D eigenvalue weighted by Crippen LogP contribution is -2.41. The second-order valence-corrected chi connectivity index (χ2v) is 4.57. The van der Waals surface area contributed by atoms with Crippen molar-refractivity contribution in [3.63, 3.8) is 0 Å². The van der Waals surface area contributed by atoms with Crippen LogP contribution < -0.4 is 0 Å². The third-order valence-electron chi connectivity index (χ3n) is 2.94. The number of hydrogen-bond acceptors (Lipinski definition) is 4. The van der Waals surface area contributed by atoms with Gasteiger partial charge >= 0.3 is 5.97 Å². The van der Waals surface area contributed by atoms with Gasteiger partial charge in [-0.2, -0.15) is 0 Å². The molecule has 0 spiro atoms. The van der Waals surface area contributed by atoms with Crippen molar-refractivity contribution >= 4 is 18.8 Å². The second-order valence-electron chi connectivity index (χ2n) is 3.94. The molecule has 0 aliphatic heterocycles. The van der Waals surface area contributed by atoms with Crippen LogP contribution in [0.4, 0.5) is 0 Å². The number of hydrogen-bond donors (Lipinski definition) is 1. The fraction of sp³-hybridized carbons (Fsp3) is 0.900. The summed E-state index contributed by atoms with van der Waals surface area (Å²) < 4.78 is 6.48. The average Bonchev–Trinajstić information content (AvgIpc) is 2.19. The number of likely N-dealkylation sites (N-methyl/N-ethyl adjacent to an activating group) is 1. The highest BCUT2D eigenvalue weighted by Gasteiger charge is 2.32. The van der Waals surface area contributed by atoms with Crippen LogP contribution in [0.3, 0.4) is 0 Å². The van der Waals surface area contributed by atoms with E-state index in [1.54, 1.807) is 4.31 Å². The highest BCUT2D eigenvalue weighted by molar-refractivity contribution is 7.77. The first kappa shape index (κ1) is 11.9. The van der Waals surface area contributed by atoms with Gasteiger partial charge in [-0.25, -0.2) is 4.31 Å². The van der Waals surface area contributed by atoms with Gasteiger partial charge in [-0.05, 0) is 25.8 Å². The van der Waals surface area contributed by atoms with Crippen LogP contribution in [0.2, 0.25) is 0 Å². The molecule has 0 bridgehead atoms. The van der Waals surface area contributed by atoms with E-state index >= 15 is 0 Å². The molecule has 1 saturated carbocycles. The van der Waals surface area contributed by atoms with Gasteiger partial charge in [0.2, 0.25) is 0 Å². The van der Waals surface area contributed by atoms with Crippen LogP contribution >= 0.6 is 12.8 Å². The molecular weight excluding hydrogens is 198 g/mol. The lowest BCUT2D eigenvalue weighted by molar-refractivity contribution is -0.146. The van der Waals surface area contributed by atoms with Gasteiger partial charge in [0.05, 0.1) is 7.11 Å². The van der Waals surface area contributed by atoms with Crippen LogP contribution in [0.5, 0.6) is 0 Å². The fourth-order valence-corrected chi connectivity index (χ4v) is 2.50. The Hall–Kier alpha value is -0.220. The summed E-state index contributed by atoms with van der Waals surface area (Å²) in [5, 5.41) is 0. The van der Waals surface area contributed by atoms with Gasteiger partial charge < -0.3 is 4.74 Å². The molecule has 0 N–H and O–H groups in total. The van der Waals surface area contributed by atoms with Gasteiger partial charge in [0.1, 0.15) is 6.04 Å². The Kier molecular flexibility index (Phi) is 4.75. The number of nitrogens with zero attached hydrogens (tertiary/aromatic N) is 1. The minimum Gasteiger partial charge on any atom is -0.468 e. The topological polar surface area (TPSA) is 29.5 Å². The number of esters is 1. The number of rotatable bonds is 3. The highest BCUT2D eigenvalue weighted by Crippen LogP contribution is 2.29. The van der Waals surface area contributed by atoms with Gasteiger partial charge in [-0.15, -0.1) is 0 Å².